The summed E-state index contributed by atoms with van der Waals surface area (Å²) in [5, 5.41) is 11.7. The van der Waals surface area contributed by atoms with E-state index in [2.05, 4.69) is 35.8 Å². The lowest BCUT2D eigenvalue weighted by Gasteiger charge is -2.36. The first-order chi connectivity index (χ1) is 9.95. The third kappa shape index (κ3) is 4.76. The Labute approximate surface area is 130 Å². The Balaban J connectivity index is 1.86. The molecule has 5 nitrogen and oxygen atoms in total. The molecule has 1 N–H and O–H groups in total. The van der Waals surface area contributed by atoms with Crippen LogP contribution >= 0.6 is 11.3 Å². The monoisotopic (exact) mass is 311 g/mol. The van der Waals surface area contributed by atoms with Crippen molar-refractivity contribution in [3.8, 4) is 0 Å². The fourth-order valence-electron chi connectivity index (χ4n) is 2.88. The second kappa shape index (κ2) is 7.33. The molecule has 1 saturated heterocycles. The summed E-state index contributed by atoms with van der Waals surface area (Å²) >= 11 is 1.58. The van der Waals surface area contributed by atoms with Gasteiger partial charge in [-0.2, -0.15) is 0 Å². The molecule has 1 aromatic heterocycles. The van der Waals surface area contributed by atoms with Crippen LogP contribution in [0.4, 0.5) is 0 Å². The highest BCUT2D eigenvalue weighted by Gasteiger charge is 2.23. The van der Waals surface area contributed by atoms with Crippen molar-refractivity contribution in [3.63, 3.8) is 0 Å². The Hall–Kier alpha value is -0.980. The molecular formula is C15H25N3O2S. The van der Waals surface area contributed by atoms with E-state index in [-0.39, 0.29) is 6.42 Å². The van der Waals surface area contributed by atoms with Crippen molar-refractivity contribution in [3.05, 3.63) is 16.1 Å². The quantitative estimate of drug-likeness (QED) is 0.869. The van der Waals surface area contributed by atoms with Gasteiger partial charge in [0.2, 0.25) is 0 Å². The Morgan fingerprint density at radius 1 is 1.57 bits per heavy atom. The normalized spacial score (nSPS) is 19.0. The molecular weight excluding hydrogens is 286 g/mol. The topological polar surface area (TPSA) is 56.7 Å². The second-order valence-corrected chi connectivity index (χ2v) is 7.01. The maximum atomic E-state index is 10.7. The number of hydrogen-bond donors (Lipinski definition) is 1. The van der Waals surface area contributed by atoms with E-state index in [9.17, 15) is 4.79 Å². The zero-order chi connectivity index (χ0) is 15.4. The van der Waals surface area contributed by atoms with E-state index in [0.717, 1.165) is 11.6 Å². The average Bonchev–Trinajstić information content (AvgIpc) is 2.87. The number of aromatic nitrogens is 1. The molecule has 1 aliphatic heterocycles. The van der Waals surface area contributed by atoms with E-state index in [4.69, 9.17) is 5.11 Å². The number of hydrogen-bond acceptors (Lipinski definition) is 5. The summed E-state index contributed by atoms with van der Waals surface area (Å²) in [4.78, 5) is 20.0. The Morgan fingerprint density at radius 3 is 2.86 bits per heavy atom. The molecule has 0 amide bonds. The van der Waals surface area contributed by atoms with Gasteiger partial charge >= 0.3 is 5.97 Å². The molecule has 0 aliphatic carbocycles. The van der Waals surface area contributed by atoms with Gasteiger partial charge in [0.1, 0.15) is 0 Å². The van der Waals surface area contributed by atoms with Crippen LogP contribution in [-0.2, 0) is 11.2 Å². The number of carboxylic acid groups (broad SMARTS) is 1. The van der Waals surface area contributed by atoms with Gasteiger partial charge in [-0.05, 0) is 40.0 Å². The van der Waals surface area contributed by atoms with E-state index in [1.807, 2.05) is 5.38 Å². The Morgan fingerprint density at radius 2 is 2.24 bits per heavy atom. The van der Waals surface area contributed by atoms with Gasteiger partial charge in [-0.25, -0.2) is 4.98 Å². The highest BCUT2D eigenvalue weighted by molar-refractivity contribution is 7.09. The van der Waals surface area contributed by atoms with Crippen molar-refractivity contribution < 1.29 is 9.90 Å². The summed E-state index contributed by atoms with van der Waals surface area (Å²) in [6, 6.07) is 0.655. The number of aliphatic carboxylic acids is 1. The fourth-order valence-corrected chi connectivity index (χ4v) is 3.75. The average molecular weight is 311 g/mol. The van der Waals surface area contributed by atoms with E-state index >= 15 is 0 Å². The maximum absolute atomic E-state index is 10.7. The molecule has 6 heteroatoms. The summed E-state index contributed by atoms with van der Waals surface area (Å²) < 4.78 is 0. The van der Waals surface area contributed by atoms with Crippen LogP contribution in [-0.4, -0.2) is 65.6 Å². The third-order valence-corrected chi connectivity index (χ3v) is 5.32. The zero-order valence-corrected chi connectivity index (χ0v) is 13.9. The van der Waals surface area contributed by atoms with Crippen LogP contribution in [0.1, 0.15) is 36.4 Å². The number of carbonyl (C=O) groups is 1. The van der Waals surface area contributed by atoms with Crippen LogP contribution in [0.2, 0.25) is 0 Å². The molecule has 2 rings (SSSR count). The molecule has 1 atom stereocenters. The molecule has 1 aromatic rings. The van der Waals surface area contributed by atoms with E-state index in [1.165, 1.54) is 25.9 Å². The van der Waals surface area contributed by atoms with Gasteiger partial charge in [-0.3, -0.25) is 4.79 Å². The maximum Gasteiger partial charge on any atom is 0.309 e. The van der Waals surface area contributed by atoms with E-state index < -0.39 is 5.97 Å². The molecule has 1 aliphatic rings. The highest BCUT2D eigenvalue weighted by atomic mass is 32.1. The first-order valence-corrected chi connectivity index (χ1v) is 8.38. The second-order valence-electron chi connectivity index (χ2n) is 6.12. The predicted molar refractivity (Wildman–Crippen MR) is 85.0 cm³/mol. The Bertz CT molecular complexity index is 469. The minimum absolute atomic E-state index is 0.0218. The molecule has 1 fully saturated rings. The summed E-state index contributed by atoms with van der Waals surface area (Å²) in [7, 11) is 4.37. The van der Waals surface area contributed by atoms with Crippen molar-refractivity contribution in [2.75, 3.05) is 33.7 Å². The SMILES string of the molecule is CC(CN(C)C1CCN(C)CC1)c1nc(CC(=O)O)cs1. The van der Waals surface area contributed by atoms with Gasteiger partial charge in [-0.1, -0.05) is 6.92 Å². The van der Waals surface area contributed by atoms with Gasteiger partial charge in [0, 0.05) is 23.9 Å². The smallest absolute Gasteiger partial charge is 0.309 e. The summed E-state index contributed by atoms with van der Waals surface area (Å²) in [6.07, 6.45) is 2.47. The van der Waals surface area contributed by atoms with Gasteiger partial charge < -0.3 is 14.9 Å². The number of carboxylic acids is 1. The molecule has 2 heterocycles. The minimum atomic E-state index is -0.817. The lowest BCUT2D eigenvalue weighted by Crippen LogP contribution is -2.43. The molecule has 1 unspecified atom stereocenters. The van der Waals surface area contributed by atoms with Crippen LogP contribution < -0.4 is 0 Å². The van der Waals surface area contributed by atoms with Crippen molar-refractivity contribution in [1.29, 1.82) is 0 Å². The van der Waals surface area contributed by atoms with Crippen molar-refractivity contribution in [2.24, 2.45) is 0 Å². The molecule has 0 spiro atoms. The summed E-state index contributed by atoms with van der Waals surface area (Å²) in [6.45, 7) is 5.50. The number of likely N-dealkylation sites (tertiary alicyclic amines) is 1. The summed E-state index contributed by atoms with van der Waals surface area (Å²) in [5.74, 6) is -0.467. The lowest BCUT2D eigenvalue weighted by atomic mass is 10.0. The first kappa shape index (κ1) is 16.4. The van der Waals surface area contributed by atoms with Crippen molar-refractivity contribution in [1.82, 2.24) is 14.8 Å². The van der Waals surface area contributed by atoms with Crippen LogP contribution in [0.5, 0.6) is 0 Å². The molecule has 118 valence electrons. The minimum Gasteiger partial charge on any atom is -0.481 e. The lowest BCUT2D eigenvalue weighted by molar-refractivity contribution is -0.136. The standard InChI is InChI=1S/C15H25N3O2S/c1-11(15-16-12(10-21-15)8-14(19)20)9-18(3)13-4-6-17(2)7-5-13/h10-11,13H,4-9H2,1-3H3,(H,19,20). The number of piperidine rings is 1. The van der Waals surface area contributed by atoms with Gasteiger partial charge in [0.05, 0.1) is 17.1 Å². The van der Waals surface area contributed by atoms with E-state index in [1.54, 1.807) is 11.3 Å². The zero-order valence-electron chi connectivity index (χ0n) is 13.1. The number of nitrogens with zero attached hydrogens (tertiary/aromatic N) is 3. The first-order valence-electron chi connectivity index (χ1n) is 7.50. The van der Waals surface area contributed by atoms with E-state index in [0.29, 0.717) is 17.7 Å². The van der Waals surface area contributed by atoms with Crippen LogP contribution in [0.25, 0.3) is 0 Å². The molecule has 0 aromatic carbocycles. The number of likely N-dealkylation sites (N-methyl/N-ethyl adjacent to an activating group) is 1. The van der Waals surface area contributed by atoms with Gasteiger partial charge in [-0.15, -0.1) is 11.3 Å². The Kier molecular flexibility index (Phi) is 5.72. The molecule has 0 radical (unpaired) electrons. The van der Waals surface area contributed by atoms with Crippen LogP contribution in [0.3, 0.4) is 0 Å². The molecule has 0 bridgehead atoms. The summed E-state index contributed by atoms with van der Waals surface area (Å²) in [5.41, 5.74) is 0.677. The van der Waals surface area contributed by atoms with Crippen LogP contribution in [0.15, 0.2) is 5.38 Å². The fraction of sp³-hybridized carbons (Fsp3) is 0.733. The third-order valence-electron chi connectivity index (χ3n) is 4.20. The largest absolute Gasteiger partial charge is 0.481 e. The van der Waals surface area contributed by atoms with Gasteiger partial charge in [0.25, 0.3) is 0 Å². The molecule has 0 saturated carbocycles. The predicted octanol–water partition coefficient (Wildman–Crippen LogP) is 1.90. The van der Waals surface area contributed by atoms with Crippen LogP contribution in [0, 0.1) is 0 Å². The number of rotatable bonds is 6. The number of thiazole rings is 1. The van der Waals surface area contributed by atoms with Gasteiger partial charge in [0.15, 0.2) is 0 Å². The highest BCUT2D eigenvalue weighted by Crippen LogP contribution is 2.23. The van der Waals surface area contributed by atoms with Crippen molar-refractivity contribution in [2.45, 2.75) is 38.1 Å². The molecule has 21 heavy (non-hydrogen) atoms. The van der Waals surface area contributed by atoms with Crippen molar-refractivity contribution >= 4 is 17.3 Å².